The van der Waals surface area contributed by atoms with Gasteiger partial charge in [-0.05, 0) is 17.2 Å². The molecule has 0 radical (unpaired) electrons. The van der Waals surface area contributed by atoms with Crippen LogP contribution in [0.5, 0.6) is 0 Å². The summed E-state index contributed by atoms with van der Waals surface area (Å²) in [6, 6.07) is 1.98. The zero-order valence-corrected chi connectivity index (χ0v) is 10.6. The molecule has 1 N–H and O–H groups in total. The van der Waals surface area contributed by atoms with Crippen LogP contribution in [0.3, 0.4) is 0 Å². The third-order valence-electron chi connectivity index (χ3n) is 3.50. The second kappa shape index (κ2) is 4.92. The predicted octanol–water partition coefficient (Wildman–Crippen LogP) is 2.85. The largest absolute Gasteiger partial charge is 0.419 e. The molecule has 0 saturated carbocycles. The first-order chi connectivity index (χ1) is 8.48. The lowest BCUT2D eigenvalue weighted by atomic mass is 10.0. The van der Waals surface area contributed by atoms with Crippen LogP contribution in [-0.4, -0.2) is 19.3 Å². The number of nitrogens with one attached hydrogen (secondary N) is 1. The van der Waals surface area contributed by atoms with Crippen LogP contribution in [0.4, 0.5) is 17.6 Å². The van der Waals surface area contributed by atoms with E-state index >= 15 is 0 Å². The van der Waals surface area contributed by atoms with Gasteiger partial charge in [-0.25, -0.2) is 4.39 Å². The Morgan fingerprint density at radius 1 is 1.26 bits per heavy atom. The molecular weight excluding hydrogens is 286 g/mol. The minimum absolute atomic E-state index is 0. The van der Waals surface area contributed by atoms with E-state index in [1.54, 1.807) is 0 Å². The molecule has 0 unspecified atom stereocenters. The van der Waals surface area contributed by atoms with Crippen LogP contribution in [0.25, 0.3) is 0 Å². The normalized spacial score (nSPS) is 25.5. The van der Waals surface area contributed by atoms with E-state index in [0.717, 1.165) is 6.07 Å². The van der Waals surface area contributed by atoms with Gasteiger partial charge in [0.15, 0.2) is 0 Å². The van der Waals surface area contributed by atoms with E-state index in [1.165, 1.54) is 6.07 Å². The maximum absolute atomic E-state index is 13.9. The van der Waals surface area contributed by atoms with Crippen molar-refractivity contribution in [3.8, 4) is 0 Å². The first-order valence-electron chi connectivity index (χ1n) is 5.72. The van der Waals surface area contributed by atoms with Crippen molar-refractivity contribution in [3.05, 3.63) is 34.6 Å². The van der Waals surface area contributed by atoms with Gasteiger partial charge in [0.25, 0.3) is 0 Å². The van der Waals surface area contributed by atoms with Gasteiger partial charge < -0.3 is 10.1 Å². The number of benzene rings is 1. The zero-order valence-electron chi connectivity index (χ0n) is 9.76. The number of morpholine rings is 1. The fourth-order valence-corrected chi connectivity index (χ4v) is 2.69. The van der Waals surface area contributed by atoms with Crippen molar-refractivity contribution < 1.29 is 22.3 Å². The van der Waals surface area contributed by atoms with E-state index in [2.05, 4.69) is 5.32 Å². The number of hydrogen-bond donors (Lipinski definition) is 1. The van der Waals surface area contributed by atoms with Crippen LogP contribution in [-0.2, 0) is 17.3 Å². The number of ether oxygens (including phenoxy) is 1. The summed E-state index contributed by atoms with van der Waals surface area (Å²) in [5.41, 5.74) is -0.473. The van der Waals surface area contributed by atoms with Crippen LogP contribution in [0, 0.1) is 5.82 Å². The molecule has 0 spiro atoms. The van der Waals surface area contributed by atoms with Gasteiger partial charge in [-0.15, -0.1) is 12.4 Å². The van der Waals surface area contributed by atoms with E-state index in [1.807, 2.05) is 0 Å². The Hall–Kier alpha value is -0.850. The molecule has 0 bridgehead atoms. The maximum atomic E-state index is 13.9. The summed E-state index contributed by atoms with van der Waals surface area (Å²) in [4.78, 5) is 0. The highest BCUT2D eigenvalue weighted by Gasteiger charge is 2.41. The molecule has 1 aliphatic heterocycles. The SMILES string of the molecule is Cl.Fc1c(C(F)(F)F)ccc2c1C[C@H]1OCCN[C@@H]21. The smallest absolute Gasteiger partial charge is 0.375 e. The quantitative estimate of drug-likeness (QED) is 0.744. The van der Waals surface area contributed by atoms with Gasteiger partial charge >= 0.3 is 6.18 Å². The molecule has 7 heteroatoms. The Morgan fingerprint density at radius 3 is 2.68 bits per heavy atom. The summed E-state index contributed by atoms with van der Waals surface area (Å²) >= 11 is 0. The fourth-order valence-electron chi connectivity index (χ4n) is 2.69. The molecule has 1 saturated heterocycles. The predicted molar refractivity (Wildman–Crippen MR) is 62.8 cm³/mol. The van der Waals surface area contributed by atoms with Crippen molar-refractivity contribution in [1.29, 1.82) is 0 Å². The summed E-state index contributed by atoms with van der Waals surface area (Å²) in [6.45, 7) is 1.13. The molecule has 0 amide bonds. The van der Waals surface area contributed by atoms with Gasteiger partial charge in [-0.3, -0.25) is 0 Å². The van der Waals surface area contributed by atoms with Gasteiger partial charge in [0.2, 0.25) is 0 Å². The third-order valence-corrected chi connectivity index (χ3v) is 3.50. The number of alkyl halides is 3. The molecule has 0 aromatic heterocycles. The molecule has 1 fully saturated rings. The zero-order chi connectivity index (χ0) is 12.9. The second-order valence-electron chi connectivity index (χ2n) is 4.54. The van der Waals surface area contributed by atoms with E-state index < -0.39 is 17.6 Å². The van der Waals surface area contributed by atoms with Crippen molar-refractivity contribution in [2.45, 2.75) is 24.7 Å². The highest BCUT2D eigenvalue weighted by Crippen LogP contribution is 2.41. The van der Waals surface area contributed by atoms with Crippen LogP contribution in [0.15, 0.2) is 12.1 Å². The first-order valence-corrected chi connectivity index (χ1v) is 5.72. The fraction of sp³-hybridized carbons (Fsp3) is 0.500. The molecule has 1 aromatic carbocycles. The summed E-state index contributed by atoms with van der Waals surface area (Å²) < 4.78 is 57.2. The number of halogens is 5. The number of fused-ring (bicyclic) bond motifs is 3. The van der Waals surface area contributed by atoms with E-state index in [-0.39, 0.29) is 36.5 Å². The van der Waals surface area contributed by atoms with Crippen LogP contribution in [0.1, 0.15) is 22.7 Å². The molecule has 1 aromatic rings. The lowest BCUT2D eigenvalue weighted by Crippen LogP contribution is -2.39. The highest BCUT2D eigenvalue weighted by molar-refractivity contribution is 5.85. The van der Waals surface area contributed by atoms with E-state index in [9.17, 15) is 17.6 Å². The van der Waals surface area contributed by atoms with Gasteiger partial charge in [-0.1, -0.05) is 6.07 Å². The maximum Gasteiger partial charge on any atom is 0.419 e. The van der Waals surface area contributed by atoms with E-state index in [0.29, 0.717) is 18.7 Å². The van der Waals surface area contributed by atoms with Gasteiger partial charge in [0.1, 0.15) is 5.82 Å². The monoisotopic (exact) mass is 297 g/mol. The standard InChI is InChI=1S/C12H11F4NO.ClH/c13-10-7-5-9-11(17-3-4-18-9)6(7)1-2-8(10)12(14,15)16;/h1-2,9,11,17H,3-5H2;1H/t9-,11+;/m1./s1. The Balaban J connectivity index is 0.00000133. The van der Waals surface area contributed by atoms with Crippen molar-refractivity contribution >= 4 is 12.4 Å². The summed E-state index contributed by atoms with van der Waals surface area (Å²) in [7, 11) is 0. The molecular formula is C12H12ClF4NO. The van der Waals surface area contributed by atoms with Crippen LogP contribution in [0.2, 0.25) is 0 Å². The van der Waals surface area contributed by atoms with Crippen molar-refractivity contribution in [2.75, 3.05) is 13.2 Å². The average molecular weight is 298 g/mol. The molecule has 2 nitrogen and oxygen atoms in total. The van der Waals surface area contributed by atoms with Gasteiger partial charge in [-0.2, -0.15) is 13.2 Å². The van der Waals surface area contributed by atoms with Crippen molar-refractivity contribution in [2.24, 2.45) is 0 Å². The molecule has 2 aliphatic rings. The van der Waals surface area contributed by atoms with Crippen molar-refractivity contribution in [1.82, 2.24) is 5.32 Å². The second-order valence-corrected chi connectivity index (χ2v) is 4.54. The number of rotatable bonds is 0. The molecule has 2 atom stereocenters. The van der Waals surface area contributed by atoms with E-state index in [4.69, 9.17) is 4.74 Å². The Kier molecular flexibility index (Phi) is 3.77. The van der Waals surface area contributed by atoms with Crippen LogP contribution >= 0.6 is 12.4 Å². The topological polar surface area (TPSA) is 21.3 Å². The van der Waals surface area contributed by atoms with Crippen LogP contribution < -0.4 is 5.32 Å². The molecule has 19 heavy (non-hydrogen) atoms. The Morgan fingerprint density at radius 2 is 2.00 bits per heavy atom. The summed E-state index contributed by atoms with van der Waals surface area (Å²) in [6.07, 6.45) is -4.71. The minimum atomic E-state index is -4.65. The lowest BCUT2D eigenvalue weighted by molar-refractivity contribution is -0.140. The molecule has 3 rings (SSSR count). The average Bonchev–Trinajstić information content (AvgIpc) is 2.68. The summed E-state index contributed by atoms with van der Waals surface area (Å²) in [5.74, 6) is -1.15. The first kappa shape index (κ1) is 14.6. The van der Waals surface area contributed by atoms with Crippen molar-refractivity contribution in [3.63, 3.8) is 0 Å². The van der Waals surface area contributed by atoms with Gasteiger partial charge in [0, 0.05) is 13.0 Å². The Bertz CT molecular complexity index is 491. The molecule has 1 aliphatic carbocycles. The Labute approximate surface area is 113 Å². The highest BCUT2D eigenvalue weighted by atomic mass is 35.5. The third kappa shape index (κ3) is 2.32. The minimum Gasteiger partial charge on any atom is -0.375 e. The molecule has 106 valence electrons. The van der Waals surface area contributed by atoms with Gasteiger partial charge in [0.05, 0.1) is 24.3 Å². The summed E-state index contributed by atoms with van der Waals surface area (Å²) in [5, 5.41) is 3.15. The molecule has 1 heterocycles. The number of hydrogen-bond acceptors (Lipinski definition) is 2. The lowest BCUT2D eigenvalue weighted by Gasteiger charge is -2.27.